The maximum atomic E-state index is 13.5. The van der Waals surface area contributed by atoms with Crippen molar-refractivity contribution in [3.8, 4) is 11.1 Å². The van der Waals surface area contributed by atoms with Crippen molar-refractivity contribution in [2.75, 3.05) is 5.32 Å². The van der Waals surface area contributed by atoms with Crippen molar-refractivity contribution in [1.82, 2.24) is 0 Å². The molecule has 2 N–H and O–H groups in total. The number of fused-ring (bicyclic) bond motifs is 1. The summed E-state index contributed by atoms with van der Waals surface area (Å²) in [5, 5.41) is 13.4. The van der Waals surface area contributed by atoms with Crippen molar-refractivity contribution in [3.05, 3.63) is 89.2 Å². The van der Waals surface area contributed by atoms with E-state index in [1.165, 1.54) is 36.6 Å². The van der Waals surface area contributed by atoms with Crippen LogP contribution >= 0.6 is 0 Å². The molecule has 1 fully saturated rings. The lowest BCUT2D eigenvalue weighted by Gasteiger charge is -2.07. The van der Waals surface area contributed by atoms with E-state index in [9.17, 15) is 14.3 Å². The molecule has 138 valence electrons. The number of aliphatic hydroxyl groups is 1. The van der Waals surface area contributed by atoms with Crippen LogP contribution in [0.1, 0.15) is 35.4 Å². The van der Waals surface area contributed by atoms with Crippen LogP contribution < -0.4 is 5.32 Å². The lowest BCUT2D eigenvalue weighted by atomic mass is 9.97. The van der Waals surface area contributed by atoms with E-state index in [0.717, 1.165) is 11.1 Å². The van der Waals surface area contributed by atoms with Gasteiger partial charge in [0.1, 0.15) is 11.6 Å². The smallest absolute Gasteiger partial charge is 0.260 e. The summed E-state index contributed by atoms with van der Waals surface area (Å²) in [6, 6.07) is 19.8. The zero-order valence-corrected chi connectivity index (χ0v) is 15.1. The number of hydrogen-bond acceptors (Lipinski definition) is 2. The zero-order valence-electron chi connectivity index (χ0n) is 15.1. The van der Waals surface area contributed by atoms with Crippen LogP contribution in [-0.4, -0.2) is 11.0 Å². The lowest BCUT2D eigenvalue weighted by Crippen LogP contribution is -2.06. The third-order valence-corrected chi connectivity index (χ3v) is 5.39. The Morgan fingerprint density at radius 3 is 2.43 bits per heavy atom. The number of aliphatic hydroxyl groups excluding tert-OH is 1. The molecule has 3 aromatic rings. The summed E-state index contributed by atoms with van der Waals surface area (Å²) >= 11 is 0. The molecule has 1 saturated carbocycles. The molecule has 2 aliphatic rings. The van der Waals surface area contributed by atoms with Crippen LogP contribution in [0.5, 0.6) is 0 Å². The van der Waals surface area contributed by atoms with Gasteiger partial charge < -0.3 is 10.4 Å². The Hall–Kier alpha value is -3.40. The van der Waals surface area contributed by atoms with Crippen LogP contribution in [0.2, 0.25) is 0 Å². The van der Waals surface area contributed by atoms with Crippen molar-refractivity contribution in [1.29, 1.82) is 0 Å². The molecule has 1 aliphatic carbocycles. The number of halogens is 1. The van der Waals surface area contributed by atoms with E-state index in [1.807, 2.05) is 18.2 Å². The largest absolute Gasteiger partial charge is 0.506 e. The normalized spacial score (nSPS) is 17.2. The average Bonchev–Trinajstić information content (AvgIpc) is 3.50. The van der Waals surface area contributed by atoms with Gasteiger partial charge >= 0.3 is 0 Å². The van der Waals surface area contributed by atoms with Gasteiger partial charge in [0.2, 0.25) is 0 Å². The Morgan fingerprint density at radius 2 is 1.71 bits per heavy atom. The Morgan fingerprint density at radius 1 is 0.964 bits per heavy atom. The van der Waals surface area contributed by atoms with Crippen LogP contribution in [0.3, 0.4) is 0 Å². The fraction of sp³-hybridized carbons (Fsp3) is 0.125. The molecular weight excluding hydrogens is 353 g/mol. The molecule has 0 bridgehead atoms. The summed E-state index contributed by atoms with van der Waals surface area (Å²) < 4.78 is 13.5. The van der Waals surface area contributed by atoms with E-state index in [2.05, 4.69) is 29.6 Å². The quantitative estimate of drug-likeness (QED) is 0.455. The Labute approximate surface area is 162 Å². The fourth-order valence-corrected chi connectivity index (χ4v) is 3.73. The molecular formula is C24H18FNO2. The van der Waals surface area contributed by atoms with Crippen molar-refractivity contribution in [3.63, 3.8) is 0 Å². The van der Waals surface area contributed by atoms with Crippen molar-refractivity contribution in [2.24, 2.45) is 0 Å². The predicted molar refractivity (Wildman–Crippen MR) is 108 cm³/mol. The molecule has 5 rings (SSSR count). The lowest BCUT2D eigenvalue weighted by molar-refractivity contribution is -0.110. The standard InChI is InChI=1S/C24H18FNO2/c25-19-3-1-2-18(12-19)23(27)22-20-11-10-17(13-21(20)26-24(22)28)16-8-6-15(7-9-16)14-4-5-14/h1-3,6-14,27H,4-5H2,(H,26,28). The van der Waals surface area contributed by atoms with E-state index in [4.69, 9.17) is 0 Å². The van der Waals surface area contributed by atoms with Crippen LogP contribution in [0, 0.1) is 5.82 Å². The molecule has 0 aromatic heterocycles. The van der Waals surface area contributed by atoms with Gasteiger partial charge in [-0.1, -0.05) is 48.5 Å². The minimum absolute atomic E-state index is 0.163. The molecule has 0 unspecified atom stereocenters. The summed E-state index contributed by atoms with van der Waals surface area (Å²) in [6.07, 6.45) is 2.54. The molecule has 1 amide bonds. The highest BCUT2D eigenvalue weighted by Gasteiger charge is 2.29. The summed E-state index contributed by atoms with van der Waals surface area (Å²) in [4.78, 5) is 12.5. The van der Waals surface area contributed by atoms with Crippen LogP contribution in [0.4, 0.5) is 10.1 Å². The highest BCUT2D eigenvalue weighted by atomic mass is 19.1. The topological polar surface area (TPSA) is 49.3 Å². The average molecular weight is 371 g/mol. The molecule has 3 aromatic carbocycles. The minimum Gasteiger partial charge on any atom is -0.506 e. The van der Waals surface area contributed by atoms with Gasteiger partial charge in [0.05, 0.1) is 5.57 Å². The maximum Gasteiger partial charge on any atom is 0.260 e. The molecule has 0 radical (unpaired) electrons. The first-order valence-corrected chi connectivity index (χ1v) is 9.35. The van der Waals surface area contributed by atoms with Gasteiger partial charge in [-0.2, -0.15) is 0 Å². The Balaban J connectivity index is 1.53. The second kappa shape index (κ2) is 6.34. The summed E-state index contributed by atoms with van der Waals surface area (Å²) in [5.41, 5.74) is 5.15. The van der Waals surface area contributed by atoms with Gasteiger partial charge in [-0.3, -0.25) is 4.79 Å². The highest BCUT2D eigenvalue weighted by molar-refractivity contribution is 6.36. The van der Waals surface area contributed by atoms with E-state index < -0.39 is 11.7 Å². The number of hydrogen-bond donors (Lipinski definition) is 2. The molecule has 28 heavy (non-hydrogen) atoms. The number of anilines is 1. The molecule has 3 nitrogen and oxygen atoms in total. The van der Waals surface area contributed by atoms with Crippen molar-refractivity contribution in [2.45, 2.75) is 18.8 Å². The second-order valence-electron chi connectivity index (χ2n) is 7.34. The van der Waals surface area contributed by atoms with Gasteiger partial charge in [-0.05, 0) is 53.6 Å². The number of benzene rings is 3. The van der Waals surface area contributed by atoms with Gasteiger partial charge in [-0.15, -0.1) is 0 Å². The SMILES string of the molecule is O=C1Nc2cc(-c3ccc(C4CC4)cc3)ccc2C1=C(O)c1cccc(F)c1. The first kappa shape index (κ1) is 16.8. The molecule has 1 aliphatic heterocycles. The third-order valence-electron chi connectivity index (χ3n) is 5.39. The monoisotopic (exact) mass is 371 g/mol. The van der Waals surface area contributed by atoms with Gasteiger partial charge in [0.15, 0.2) is 0 Å². The van der Waals surface area contributed by atoms with Gasteiger partial charge in [0.25, 0.3) is 5.91 Å². The molecule has 0 atom stereocenters. The fourth-order valence-electron chi connectivity index (χ4n) is 3.73. The number of nitrogens with one attached hydrogen (secondary N) is 1. The maximum absolute atomic E-state index is 13.5. The first-order chi connectivity index (χ1) is 13.6. The number of carbonyl (C=O) groups is 1. The highest BCUT2D eigenvalue weighted by Crippen LogP contribution is 2.41. The Kier molecular flexibility index (Phi) is 3.79. The van der Waals surface area contributed by atoms with Gasteiger partial charge in [-0.25, -0.2) is 4.39 Å². The van der Waals surface area contributed by atoms with E-state index in [1.54, 1.807) is 6.07 Å². The van der Waals surface area contributed by atoms with E-state index in [-0.39, 0.29) is 16.9 Å². The van der Waals surface area contributed by atoms with Crippen molar-refractivity contribution < 1.29 is 14.3 Å². The number of carbonyl (C=O) groups excluding carboxylic acids is 1. The van der Waals surface area contributed by atoms with Gasteiger partial charge in [0, 0.05) is 16.8 Å². The molecule has 0 saturated heterocycles. The second-order valence-corrected chi connectivity index (χ2v) is 7.34. The first-order valence-electron chi connectivity index (χ1n) is 9.35. The Bertz CT molecular complexity index is 1130. The summed E-state index contributed by atoms with van der Waals surface area (Å²) in [7, 11) is 0. The van der Waals surface area contributed by atoms with E-state index >= 15 is 0 Å². The van der Waals surface area contributed by atoms with E-state index in [0.29, 0.717) is 17.2 Å². The predicted octanol–water partition coefficient (Wildman–Crippen LogP) is 5.75. The third kappa shape index (κ3) is 2.87. The van der Waals surface area contributed by atoms with Crippen LogP contribution in [-0.2, 0) is 4.79 Å². The minimum atomic E-state index is -0.465. The zero-order chi connectivity index (χ0) is 19.3. The van der Waals surface area contributed by atoms with Crippen molar-refractivity contribution >= 4 is 22.9 Å². The molecule has 0 spiro atoms. The molecule has 4 heteroatoms. The van der Waals surface area contributed by atoms with Crippen LogP contribution in [0.15, 0.2) is 66.7 Å². The molecule has 1 heterocycles. The summed E-state index contributed by atoms with van der Waals surface area (Å²) in [6.45, 7) is 0. The number of rotatable bonds is 3. The summed E-state index contributed by atoms with van der Waals surface area (Å²) in [5.74, 6) is -0.365. The number of amides is 1. The van der Waals surface area contributed by atoms with Crippen LogP contribution in [0.25, 0.3) is 22.5 Å².